The normalized spacial score (nSPS) is 30.0. The van der Waals surface area contributed by atoms with Gasteiger partial charge >= 0.3 is 11.9 Å². The van der Waals surface area contributed by atoms with Gasteiger partial charge in [-0.15, -0.1) is 0 Å². The van der Waals surface area contributed by atoms with Crippen molar-refractivity contribution in [2.45, 2.75) is 88.7 Å². The van der Waals surface area contributed by atoms with Crippen LogP contribution in [0.25, 0.3) is 6.08 Å². The van der Waals surface area contributed by atoms with Gasteiger partial charge in [0.1, 0.15) is 42.2 Å². The Hall–Kier alpha value is -3.36. The molecule has 4 aliphatic rings. The standard InChI is InChI=1S/C31H41N3O10/c1-30(2,3)43-23(37)13-11-20(16-35)32-29(39)31-14-21-24-25(41-17-40-24)27(31)44-34(26(31)28(38)42-21)15-19-9-7-6-8-18(19)10-12-22(36)33(4)5/h6-10,12,20-21,24-27,35H,11,13-17H2,1-5H3,(H,32,39)/t20-,21+,24-,25-,26-,27+,31-/m0/s1. The number of likely N-dealkylation sites (N-methyl/N-ethyl adjacent to an activating group) is 1. The van der Waals surface area contributed by atoms with Crippen LogP contribution in [0.5, 0.6) is 0 Å². The second-order valence-corrected chi connectivity index (χ2v) is 12.8. The van der Waals surface area contributed by atoms with E-state index in [2.05, 4.69) is 5.32 Å². The van der Waals surface area contributed by atoms with Crippen molar-refractivity contribution in [1.82, 2.24) is 15.3 Å². The third kappa shape index (κ3) is 6.24. The molecule has 3 saturated heterocycles. The molecule has 2 amide bonds. The number of carbonyl (C=O) groups excluding carboxylic acids is 4. The largest absolute Gasteiger partial charge is 0.460 e. The molecular formula is C31H41N3O10. The van der Waals surface area contributed by atoms with Gasteiger partial charge < -0.3 is 34.3 Å². The Balaban J connectivity index is 1.42. The molecule has 240 valence electrons. The Bertz CT molecular complexity index is 1310. The number of hydrogen-bond acceptors (Lipinski definition) is 11. The van der Waals surface area contributed by atoms with E-state index in [1.54, 1.807) is 40.9 Å². The summed E-state index contributed by atoms with van der Waals surface area (Å²) >= 11 is 0. The highest BCUT2D eigenvalue weighted by Crippen LogP contribution is 2.55. The first-order valence-corrected chi connectivity index (χ1v) is 14.8. The van der Waals surface area contributed by atoms with Gasteiger partial charge in [0.15, 0.2) is 6.04 Å². The van der Waals surface area contributed by atoms with Crippen molar-refractivity contribution in [3.8, 4) is 0 Å². The summed E-state index contributed by atoms with van der Waals surface area (Å²) in [6.45, 7) is 4.94. The maximum Gasteiger partial charge on any atom is 0.327 e. The fourth-order valence-electron chi connectivity index (χ4n) is 6.37. The van der Waals surface area contributed by atoms with E-state index in [9.17, 15) is 24.3 Å². The SMILES string of the molecule is CN(C)C(=O)C=Cc1ccccc1CN1O[C@@H]2[C@H]3OCO[C@H]3[C@H]3C[C@]2(C(=O)N[C@H](CO)CCC(=O)OC(C)(C)C)[C@@H]1C(=O)O3. The Morgan fingerprint density at radius 3 is 2.64 bits per heavy atom. The Morgan fingerprint density at radius 1 is 1.20 bits per heavy atom. The Kier molecular flexibility index (Phi) is 9.15. The van der Waals surface area contributed by atoms with E-state index >= 15 is 0 Å². The third-order valence-electron chi connectivity index (χ3n) is 8.39. The molecule has 3 heterocycles. The van der Waals surface area contributed by atoms with Crippen LogP contribution in [0.1, 0.15) is 51.2 Å². The number of nitrogens with one attached hydrogen (secondary N) is 1. The first kappa shape index (κ1) is 32.0. The van der Waals surface area contributed by atoms with Crippen LogP contribution in [-0.2, 0) is 49.5 Å². The monoisotopic (exact) mass is 615 g/mol. The van der Waals surface area contributed by atoms with Crippen molar-refractivity contribution in [3.05, 3.63) is 41.5 Å². The van der Waals surface area contributed by atoms with Crippen LogP contribution in [0, 0.1) is 5.41 Å². The second kappa shape index (κ2) is 12.6. The summed E-state index contributed by atoms with van der Waals surface area (Å²) in [5.74, 6) is -1.76. The number of esters is 2. The number of carbonyl (C=O) groups is 4. The van der Waals surface area contributed by atoms with Crippen LogP contribution in [0.2, 0.25) is 0 Å². The van der Waals surface area contributed by atoms with Gasteiger partial charge in [-0.2, -0.15) is 5.06 Å². The minimum Gasteiger partial charge on any atom is -0.460 e. The van der Waals surface area contributed by atoms with Crippen molar-refractivity contribution in [2.75, 3.05) is 27.5 Å². The predicted octanol–water partition coefficient (Wildman–Crippen LogP) is 0.928. The summed E-state index contributed by atoms with van der Waals surface area (Å²) in [5.41, 5.74) is -0.586. The number of aliphatic hydroxyl groups excluding tert-OH is 1. The van der Waals surface area contributed by atoms with Gasteiger partial charge in [0.25, 0.3) is 0 Å². The zero-order valence-corrected chi connectivity index (χ0v) is 25.7. The van der Waals surface area contributed by atoms with E-state index in [4.69, 9.17) is 23.8 Å². The fraction of sp³-hybridized carbons (Fsp3) is 0.613. The number of benzene rings is 1. The third-order valence-corrected chi connectivity index (χ3v) is 8.39. The maximum absolute atomic E-state index is 14.3. The molecule has 3 aliphatic heterocycles. The van der Waals surface area contributed by atoms with Crippen LogP contribution in [0.3, 0.4) is 0 Å². The average Bonchev–Trinajstić information content (AvgIpc) is 3.58. The van der Waals surface area contributed by atoms with E-state index in [1.807, 2.05) is 24.3 Å². The van der Waals surface area contributed by atoms with Gasteiger partial charge in [0.2, 0.25) is 11.8 Å². The highest BCUT2D eigenvalue weighted by molar-refractivity contribution is 5.94. The lowest BCUT2D eigenvalue weighted by Gasteiger charge is -2.49. The summed E-state index contributed by atoms with van der Waals surface area (Å²) in [6, 6.07) is 5.47. The quantitative estimate of drug-likeness (QED) is 0.286. The van der Waals surface area contributed by atoms with Gasteiger partial charge in [0.05, 0.1) is 19.2 Å². The highest BCUT2D eigenvalue weighted by atomic mass is 16.8. The lowest BCUT2D eigenvalue weighted by atomic mass is 9.62. The number of amides is 2. The summed E-state index contributed by atoms with van der Waals surface area (Å²) in [6.07, 6.45) is 0.518. The van der Waals surface area contributed by atoms with Gasteiger partial charge in [0, 0.05) is 33.0 Å². The molecule has 1 aromatic carbocycles. The lowest BCUT2D eigenvalue weighted by molar-refractivity contribution is -0.201. The van der Waals surface area contributed by atoms with Crippen LogP contribution < -0.4 is 5.32 Å². The number of aliphatic hydroxyl groups is 1. The molecule has 0 spiro atoms. The summed E-state index contributed by atoms with van der Waals surface area (Å²) in [7, 11) is 3.32. The minimum atomic E-state index is -1.42. The van der Waals surface area contributed by atoms with E-state index in [0.717, 1.165) is 11.1 Å². The van der Waals surface area contributed by atoms with E-state index < -0.39 is 72.0 Å². The zero-order chi connectivity index (χ0) is 31.8. The van der Waals surface area contributed by atoms with Crippen molar-refractivity contribution >= 4 is 29.8 Å². The average molecular weight is 616 g/mol. The van der Waals surface area contributed by atoms with Crippen LogP contribution in [0.4, 0.5) is 0 Å². The van der Waals surface area contributed by atoms with E-state index in [0.29, 0.717) is 0 Å². The number of hydroxylamine groups is 2. The molecule has 44 heavy (non-hydrogen) atoms. The number of rotatable bonds is 10. The molecule has 0 radical (unpaired) electrons. The van der Waals surface area contributed by atoms with Crippen LogP contribution in [0.15, 0.2) is 30.3 Å². The molecular weight excluding hydrogens is 574 g/mol. The van der Waals surface area contributed by atoms with E-state index in [1.165, 1.54) is 16.0 Å². The molecule has 0 unspecified atom stereocenters. The van der Waals surface area contributed by atoms with Gasteiger partial charge in [-0.05, 0) is 44.4 Å². The Labute approximate surface area is 256 Å². The van der Waals surface area contributed by atoms with Gasteiger partial charge in [-0.1, -0.05) is 24.3 Å². The van der Waals surface area contributed by atoms with Crippen LogP contribution >= 0.6 is 0 Å². The van der Waals surface area contributed by atoms with Crippen molar-refractivity contribution in [2.24, 2.45) is 5.41 Å². The topological polar surface area (TPSA) is 153 Å². The summed E-state index contributed by atoms with van der Waals surface area (Å²) in [5, 5.41) is 14.5. The van der Waals surface area contributed by atoms with Crippen molar-refractivity contribution in [1.29, 1.82) is 0 Å². The highest BCUT2D eigenvalue weighted by Gasteiger charge is 2.74. The Morgan fingerprint density at radius 2 is 1.93 bits per heavy atom. The summed E-state index contributed by atoms with van der Waals surface area (Å²) in [4.78, 5) is 60.3. The van der Waals surface area contributed by atoms with Crippen molar-refractivity contribution < 1.29 is 48.1 Å². The second-order valence-electron chi connectivity index (χ2n) is 12.8. The number of hydrogen-bond donors (Lipinski definition) is 2. The molecule has 7 atom stereocenters. The fourth-order valence-corrected chi connectivity index (χ4v) is 6.37. The molecule has 2 N–H and O–H groups in total. The first-order valence-electron chi connectivity index (χ1n) is 14.8. The molecule has 1 aliphatic carbocycles. The molecule has 13 nitrogen and oxygen atoms in total. The molecule has 1 aromatic rings. The minimum absolute atomic E-state index is 0.0157. The number of fused-ring (bicyclic) bond motifs is 4. The maximum atomic E-state index is 14.3. The predicted molar refractivity (Wildman–Crippen MR) is 154 cm³/mol. The molecule has 5 rings (SSSR count). The summed E-state index contributed by atoms with van der Waals surface area (Å²) < 4.78 is 22.8. The molecule has 4 fully saturated rings. The van der Waals surface area contributed by atoms with Crippen molar-refractivity contribution in [3.63, 3.8) is 0 Å². The number of nitrogens with zero attached hydrogens (tertiary/aromatic N) is 2. The van der Waals surface area contributed by atoms with Crippen LogP contribution in [-0.4, -0.2) is 108 Å². The molecule has 0 aromatic heterocycles. The number of ether oxygens (including phenoxy) is 4. The lowest BCUT2D eigenvalue weighted by Crippen LogP contribution is -2.70. The molecule has 1 saturated carbocycles. The smallest absolute Gasteiger partial charge is 0.327 e. The van der Waals surface area contributed by atoms with E-state index in [-0.39, 0.29) is 38.5 Å². The zero-order valence-electron chi connectivity index (χ0n) is 25.7. The molecule has 2 bridgehead atoms. The van der Waals surface area contributed by atoms with Gasteiger partial charge in [-0.3, -0.25) is 24.0 Å². The first-order chi connectivity index (χ1) is 20.8. The molecule has 13 heteroatoms. The van der Waals surface area contributed by atoms with Gasteiger partial charge in [-0.25, -0.2) is 0 Å².